The van der Waals surface area contributed by atoms with Gasteiger partial charge in [-0.1, -0.05) is 18.2 Å². The maximum absolute atomic E-state index is 13.2. The Hall–Kier alpha value is -1.88. The van der Waals surface area contributed by atoms with E-state index in [4.69, 9.17) is 4.74 Å². The van der Waals surface area contributed by atoms with Gasteiger partial charge >= 0.3 is 6.09 Å². The van der Waals surface area contributed by atoms with Gasteiger partial charge in [-0.05, 0) is 46.3 Å². The molecule has 0 saturated heterocycles. The molecule has 1 amide bonds. The van der Waals surface area contributed by atoms with Crippen LogP contribution in [0.25, 0.3) is 0 Å². The van der Waals surface area contributed by atoms with Gasteiger partial charge in [-0.15, -0.1) is 0 Å². The van der Waals surface area contributed by atoms with E-state index in [0.29, 0.717) is 15.9 Å². The van der Waals surface area contributed by atoms with Crippen LogP contribution in [0.4, 0.5) is 14.9 Å². The van der Waals surface area contributed by atoms with E-state index < -0.39 is 11.9 Å². The van der Waals surface area contributed by atoms with Crippen molar-refractivity contribution in [2.75, 3.05) is 5.32 Å². The number of benzene rings is 2. The number of hydrogen-bond donors (Lipinski definition) is 1. The Balaban J connectivity index is 2.01. The van der Waals surface area contributed by atoms with Crippen molar-refractivity contribution in [1.29, 1.82) is 0 Å². The highest BCUT2D eigenvalue weighted by Crippen LogP contribution is 2.19. The van der Waals surface area contributed by atoms with E-state index in [9.17, 15) is 9.18 Å². The van der Waals surface area contributed by atoms with Gasteiger partial charge in [0.1, 0.15) is 11.6 Å². The number of hydrogen-bond acceptors (Lipinski definition) is 2. The van der Waals surface area contributed by atoms with Crippen LogP contribution in [-0.2, 0) is 0 Å². The molecule has 0 saturated carbocycles. The number of carbonyl (C=O) groups is 1. The van der Waals surface area contributed by atoms with Crippen molar-refractivity contribution in [3.05, 3.63) is 58.8 Å². The number of nitrogens with one attached hydrogen (secondary N) is 1. The predicted octanol–water partition coefficient (Wildman–Crippen LogP) is 4.20. The molecule has 0 unspecified atom stereocenters. The molecular formula is C13H9BrFNO2. The topological polar surface area (TPSA) is 38.3 Å². The van der Waals surface area contributed by atoms with Gasteiger partial charge in [-0.2, -0.15) is 0 Å². The minimum atomic E-state index is -0.664. The number of halogens is 2. The van der Waals surface area contributed by atoms with Gasteiger partial charge in [0.15, 0.2) is 0 Å². The molecular weight excluding hydrogens is 301 g/mol. The zero-order chi connectivity index (χ0) is 13.0. The molecule has 0 aliphatic carbocycles. The summed E-state index contributed by atoms with van der Waals surface area (Å²) in [4.78, 5) is 11.5. The Labute approximate surface area is 112 Å². The SMILES string of the molecule is O=C(Nc1ccc(Br)c(F)c1)Oc1ccccc1. The third kappa shape index (κ3) is 3.30. The van der Waals surface area contributed by atoms with E-state index >= 15 is 0 Å². The minimum Gasteiger partial charge on any atom is -0.410 e. The maximum atomic E-state index is 13.2. The largest absolute Gasteiger partial charge is 0.417 e. The summed E-state index contributed by atoms with van der Waals surface area (Å²) in [5.41, 5.74) is 0.330. The summed E-state index contributed by atoms with van der Waals surface area (Å²) >= 11 is 3.03. The molecule has 0 atom stereocenters. The van der Waals surface area contributed by atoms with E-state index in [2.05, 4.69) is 21.2 Å². The van der Waals surface area contributed by atoms with Crippen molar-refractivity contribution < 1.29 is 13.9 Å². The number of anilines is 1. The molecule has 0 aromatic heterocycles. The Morgan fingerprint density at radius 1 is 1.17 bits per heavy atom. The van der Waals surface area contributed by atoms with Crippen molar-refractivity contribution in [2.24, 2.45) is 0 Å². The molecule has 0 aliphatic rings. The first-order valence-corrected chi connectivity index (χ1v) is 5.93. The van der Waals surface area contributed by atoms with Crippen LogP contribution in [0, 0.1) is 5.82 Å². The summed E-state index contributed by atoms with van der Waals surface area (Å²) in [6, 6.07) is 12.9. The molecule has 0 spiro atoms. The van der Waals surface area contributed by atoms with Crippen LogP contribution in [0.3, 0.4) is 0 Å². The summed E-state index contributed by atoms with van der Waals surface area (Å²) in [5, 5.41) is 2.44. The average Bonchev–Trinajstić information content (AvgIpc) is 2.35. The molecule has 3 nitrogen and oxygen atoms in total. The van der Waals surface area contributed by atoms with E-state index in [0.717, 1.165) is 0 Å². The fourth-order valence-electron chi connectivity index (χ4n) is 1.31. The Bertz CT molecular complexity index is 560. The predicted molar refractivity (Wildman–Crippen MR) is 70.2 cm³/mol. The lowest BCUT2D eigenvalue weighted by atomic mass is 10.3. The highest BCUT2D eigenvalue weighted by Gasteiger charge is 2.06. The molecule has 2 rings (SSSR count). The van der Waals surface area contributed by atoms with E-state index in [1.165, 1.54) is 12.1 Å². The van der Waals surface area contributed by atoms with E-state index in [1.807, 2.05) is 6.07 Å². The average molecular weight is 310 g/mol. The lowest BCUT2D eigenvalue weighted by molar-refractivity contribution is 0.215. The summed E-state index contributed by atoms with van der Waals surface area (Å²) < 4.78 is 18.6. The molecule has 0 aliphatic heterocycles. The molecule has 2 aromatic rings. The number of amides is 1. The number of carbonyl (C=O) groups excluding carboxylic acids is 1. The number of rotatable bonds is 2. The standard InChI is InChI=1S/C13H9BrFNO2/c14-11-7-6-9(8-12(11)15)16-13(17)18-10-4-2-1-3-5-10/h1-8H,(H,16,17). The van der Waals surface area contributed by atoms with E-state index in [-0.39, 0.29) is 0 Å². The van der Waals surface area contributed by atoms with Gasteiger partial charge in [0, 0.05) is 5.69 Å². The molecule has 0 fully saturated rings. The second-order valence-electron chi connectivity index (χ2n) is 3.46. The molecule has 18 heavy (non-hydrogen) atoms. The first-order valence-electron chi connectivity index (χ1n) is 5.14. The lowest BCUT2D eigenvalue weighted by Gasteiger charge is -2.06. The van der Waals surface area contributed by atoms with Crippen LogP contribution in [0.5, 0.6) is 5.75 Å². The zero-order valence-electron chi connectivity index (χ0n) is 9.19. The van der Waals surface area contributed by atoms with Gasteiger partial charge in [0.2, 0.25) is 0 Å². The quantitative estimate of drug-likeness (QED) is 0.903. The van der Waals surface area contributed by atoms with Crippen LogP contribution in [-0.4, -0.2) is 6.09 Å². The molecule has 5 heteroatoms. The normalized spacial score (nSPS) is 9.89. The Kier molecular flexibility index (Phi) is 3.94. The molecule has 1 N–H and O–H groups in total. The smallest absolute Gasteiger partial charge is 0.410 e. The van der Waals surface area contributed by atoms with E-state index in [1.54, 1.807) is 30.3 Å². The second kappa shape index (κ2) is 5.64. The van der Waals surface area contributed by atoms with Crippen molar-refractivity contribution in [3.63, 3.8) is 0 Å². The van der Waals surface area contributed by atoms with Crippen molar-refractivity contribution >= 4 is 27.7 Å². The van der Waals surface area contributed by atoms with Gasteiger partial charge in [0.25, 0.3) is 0 Å². The third-order valence-electron chi connectivity index (χ3n) is 2.12. The van der Waals surface area contributed by atoms with Gasteiger partial charge in [0.05, 0.1) is 4.47 Å². The fourth-order valence-corrected chi connectivity index (χ4v) is 1.56. The molecule has 0 radical (unpaired) electrons. The van der Waals surface area contributed by atoms with Gasteiger partial charge < -0.3 is 4.74 Å². The molecule has 0 bridgehead atoms. The summed E-state index contributed by atoms with van der Waals surface area (Å²) in [7, 11) is 0. The summed E-state index contributed by atoms with van der Waals surface area (Å²) in [6.45, 7) is 0. The number of para-hydroxylation sites is 1. The van der Waals surface area contributed by atoms with Crippen LogP contribution in [0.15, 0.2) is 53.0 Å². The maximum Gasteiger partial charge on any atom is 0.417 e. The van der Waals surface area contributed by atoms with Crippen molar-refractivity contribution in [1.82, 2.24) is 0 Å². The minimum absolute atomic E-state index is 0.330. The van der Waals surface area contributed by atoms with Crippen molar-refractivity contribution in [2.45, 2.75) is 0 Å². The second-order valence-corrected chi connectivity index (χ2v) is 4.31. The lowest BCUT2D eigenvalue weighted by Crippen LogP contribution is -2.16. The molecule has 0 heterocycles. The first-order chi connectivity index (χ1) is 8.65. The molecule has 2 aromatic carbocycles. The van der Waals surface area contributed by atoms with Crippen LogP contribution in [0.1, 0.15) is 0 Å². The van der Waals surface area contributed by atoms with Crippen LogP contribution in [0.2, 0.25) is 0 Å². The zero-order valence-corrected chi connectivity index (χ0v) is 10.8. The third-order valence-corrected chi connectivity index (χ3v) is 2.76. The number of ether oxygens (including phenoxy) is 1. The fraction of sp³-hybridized carbons (Fsp3) is 0. The highest BCUT2D eigenvalue weighted by molar-refractivity contribution is 9.10. The van der Waals surface area contributed by atoms with Gasteiger partial charge in [-0.3, -0.25) is 5.32 Å². The summed E-state index contributed by atoms with van der Waals surface area (Å²) in [5.74, 6) is -0.0277. The summed E-state index contributed by atoms with van der Waals surface area (Å²) in [6.07, 6.45) is -0.664. The monoisotopic (exact) mass is 309 g/mol. The van der Waals surface area contributed by atoms with Crippen LogP contribution >= 0.6 is 15.9 Å². The Morgan fingerprint density at radius 3 is 2.56 bits per heavy atom. The highest BCUT2D eigenvalue weighted by atomic mass is 79.9. The van der Waals surface area contributed by atoms with Crippen LogP contribution < -0.4 is 10.1 Å². The Morgan fingerprint density at radius 2 is 1.89 bits per heavy atom. The molecule has 92 valence electrons. The first kappa shape index (κ1) is 12.6. The van der Waals surface area contributed by atoms with Gasteiger partial charge in [-0.25, -0.2) is 9.18 Å². The van der Waals surface area contributed by atoms with Crippen molar-refractivity contribution in [3.8, 4) is 5.75 Å².